The molecule has 0 bridgehead atoms. The Bertz CT molecular complexity index is 987. The Morgan fingerprint density at radius 2 is 1.89 bits per heavy atom. The first kappa shape index (κ1) is 17.4. The molecule has 0 aromatic carbocycles. The fourth-order valence-corrected chi connectivity index (χ4v) is 6.20. The Kier molecular flexibility index (Phi) is 4.77. The normalized spacial score (nSPS) is 18.0. The van der Waals surface area contributed by atoms with E-state index in [4.69, 9.17) is 0 Å². The van der Waals surface area contributed by atoms with E-state index in [9.17, 15) is 4.79 Å². The van der Waals surface area contributed by atoms with Gasteiger partial charge in [0.2, 0.25) is 5.91 Å². The molecule has 142 valence electrons. The van der Waals surface area contributed by atoms with Crippen molar-refractivity contribution in [1.82, 2.24) is 24.5 Å². The largest absolute Gasteiger partial charge is 0.342 e. The Hall–Kier alpha value is -1.67. The average Bonchev–Trinajstić information content (AvgIpc) is 3.16. The maximum absolute atomic E-state index is 12.6. The topological polar surface area (TPSA) is 63.4 Å². The van der Waals surface area contributed by atoms with Crippen molar-refractivity contribution in [2.24, 2.45) is 0 Å². The number of thiophene rings is 1. The summed E-state index contributed by atoms with van der Waals surface area (Å²) < 4.78 is 1.96. The number of fused-ring (bicyclic) bond motifs is 5. The van der Waals surface area contributed by atoms with Crippen LogP contribution in [0.4, 0.5) is 0 Å². The molecule has 4 heterocycles. The summed E-state index contributed by atoms with van der Waals surface area (Å²) in [4.78, 5) is 21.8. The zero-order valence-corrected chi connectivity index (χ0v) is 16.9. The predicted molar refractivity (Wildman–Crippen MR) is 109 cm³/mol. The van der Waals surface area contributed by atoms with Gasteiger partial charge in [-0.15, -0.1) is 21.5 Å². The van der Waals surface area contributed by atoms with Gasteiger partial charge in [0, 0.05) is 18.0 Å². The summed E-state index contributed by atoms with van der Waals surface area (Å²) >= 11 is 3.28. The molecular formula is C19H23N5OS2. The second-order valence-electron chi connectivity index (χ2n) is 7.40. The standard InChI is InChI=1S/C19H23N5OS2/c25-15(23-9-5-1-2-6-10-23)11-26-19-22-21-17-16-13-7-3-4-8-14(13)27-18(16)20-12-24(17)19/h12H,1-11H2. The van der Waals surface area contributed by atoms with Crippen molar-refractivity contribution in [3.8, 4) is 0 Å². The molecule has 1 aliphatic carbocycles. The lowest BCUT2D eigenvalue weighted by Crippen LogP contribution is -2.33. The minimum atomic E-state index is 0.209. The summed E-state index contributed by atoms with van der Waals surface area (Å²) in [5.74, 6) is 0.626. The fourth-order valence-electron chi connectivity index (χ4n) is 4.17. The molecule has 3 aromatic heterocycles. The van der Waals surface area contributed by atoms with Crippen molar-refractivity contribution < 1.29 is 4.79 Å². The van der Waals surface area contributed by atoms with Gasteiger partial charge >= 0.3 is 0 Å². The van der Waals surface area contributed by atoms with Gasteiger partial charge < -0.3 is 4.90 Å². The molecule has 0 radical (unpaired) electrons. The van der Waals surface area contributed by atoms with E-state index in [1.807, 2.05) is 15.6 Å². The van der Waals surface area contributed by atoms with E-state index < -0.39 is 0 Å². The van der Waals surface area contributed by atoms with Crippen molar-refractivity contribution in [2.75, 3.05) is 18.8 Å². The first-order chi connectivity index (χ1) is 13.3. The summed E-state index contributed by atoms with van der Waals surface area (Å²) in [6, 6.07) is 0. The number of likely N-dealkylation sites (tertiary alicyclic amines) is 1. The first-order valence-corrected chi connectivity index (χ1v) is 11.7. The van der Waals surface area contributed by atoms with E-state index in [0.717, 1.165) is 54.4 Å². The van der Waals surface area contributed by atoms with Gasteiger partial charge in [-0.3, -0.25) is 9.20 Å². The van der Waals surface area contributed by atoms with Gasteiger partial charge in [-0.05, 0) is 44.1 Å². The summed E-state index contributed by atoms with van der Waals surface area (Å²) in [5.41, 5.74) is 2.31. The zero-order chi connectivity index (χ0) is 18.2. The highest BCUT2D eigenvalue weighted by atomic mass is 32.2. The van der Waals surface area contributed by atoms with Crippen molar-refractivity contribution in [1.29, 1.82) is 0 Å². The first-order valence-electron chi connectivity index (χ1n) is 9.86. The van der Waals surface area contributed by atoms with Crippen LogP contribution >= 0.6 is 23.1 Å². The van der Waals surface area contributed by atoms with Crippen molar-refractivity contribution in [3.05, 3.63) is 16.8 Å². The molecule has 1 amide bonds. The molecular weight excluding hydrogens is 378 g/mol. The summed E-state index contributed by atoms with van der Waals surface area (Å²) in [5, 5.41) is 10.8. The van der Waals surface area contributed by atoms with E-state index in [0.29, 0.717) is 5.75 Å². The zero-order valence-electron chi connectivity index (χ0n) is 15.3. The lowest BCUT2D eigenvalue weighted by Gasteiger charge is -2.19. The Labute approximate surface area is 166 Å². The molecule has 1 saturated heterocycles. The molecule has 0 saturated carbocycles. The number of hydrogen-bond acceptors (Lipinski definition) is 6. The SMILES string of the molecule is O=C(CSc1nnc2c3c4c(sc3ncn12)CCCC4)N1CCCCCC1. The van der Waals surface area contributed by atoms with E-state index >= 15 is 0 Å². The van der Waals surface area contributed by atoms with E-state index in [1.54, 1.807) is 11.3 Å². The van der Waals surface area contributed by atoms with Crippen LogP contribution in [0.2, 0.25) is 0 Å². The van der Waals surface area contributed by atoms with Crippen LogP contribution in [-0.4, -0.2) is 49.2 Å². The van der Waals surface area contributed by atoms with Crippen LogP contribution in [0.15, 0.2) is 11.5 Å². The number of thioether (sulfide) groups is 1. The predicted octanol–water partition coefficient (Wildman–Crippen LogP) is 3.71. The molecule has 8 heteroatoms. The number of rotatable bonds is 3. The minimum absolute atomic E-state index is 0.209. The van der Waals surface area contributed by atoms with Crippen LogP contribution in [0.1, 0.15) is 49.0 Å². The fraction of sp³-hybridized carbons (Fsp3) is 0.579. The lowest BCUT2D eigenvalue weighted by atomic mass is 9.97. The highest BCUT2D eigenvalue weighted by Gasteiger charge is 2.22. The Morgan fingerprint density at radius 1 is 1.07 bits per heavy atom. The number of hydrogen-bond donors (Lipinski definition) is 0. The van der Waals surface area contributed by atoms with Gasteiger partial charge in [0.05, 0.1) is 11.1 Å². The second-order valence-corrected chi connectivity index (χ2v) is 9.42. The Morgan fingerprint density at radius 3 is 2.74 bits per heavy atom. The molecule has 3 aromatic rings. The smallest absolute Gasteiger partial charge is 0.233 e. The highest BCUT2D eigenvalue weighted by Crippen LogP contribution is 2.37. The number of carbonyl (C=O) groups is 1. The van der Waals surface area contributed by atoms with Crippen molar-refractivity contribution in [2.45, 2.75) is 56.5 Å². The number of carbonyl (C=O) groups excluding carboxylic acids is 1. The number of aryl methyl sites for hydroxylation is 2. The van der Waals surface area contributed by atoms with Crippen molar-refractivity contribution in [3.63, 3.8) is 0 Å². The van der Waals surface area contributed by atoms with Crippen LogP contribution in [0.5, 0.6) is 0 Å². The Balaban J connectivity index is 1.40. The lowest BCUT2D eigenvalue weighted by molar-refractivity contribution is -0.128. The average molecular weight is 402 g/mol. The van der Waals surface area contributed by atoms with Gasteiger partial charge in [-0.25, -0.2) is 4.98 Å². The van der Waals surface area contributed by atoms with E-state index in [-0.39, 0.29) is 5.91 Å². The van der Waals surface area contributed by atoms with Crippen LogP contribution in [0.3, 0.4) is 0 Å². The van der Waals surface area contributed by atoms with Gasteiger partial charge in [-0.1, -0.05) is 24.6 Å². The molecule has 0 N–H and O–H groups in total. The number of aromatic nitrogens is 4. The second kappa shape index (κ2) is 7.39. The molecule has 27 heavy (non-hydrogen) atoms. The molecule has 0 atom stereocenters. The third-order valence-electron chi connectivity index (χ3n) is 5.61. The molecule has 0 spiro atoms. The van der Waals surface area contributed by atoms with Crippen LogP contribution in [-0.2, 0) is 17.6 Å². The van der Waals surface area contributed by atoms with Crippen LogP contribution in [0.25, 0.3) is 15.9 Å². The summed E-state index contributed by atoms with van der Waals surface area (Å²) in [6.45, 7) is 1.78. The van der Waals surface area contributed by atoms with Gasteiger partial charge in [0.15, 0.2) is 10.8 Å². The van der Waals surface area contributed by atoms with Gasteiger partial charge in [0.25, 0.3) is 0 Å². The molecule has 1 aliphatic heterocycles. The molecule has 5 rings (SSSR count). The van der Waals surface area contributed by atoms with Crippen LogP contribution < -0.4 is 0 Å². The summed E-state index contributed by atoms with van der Waals surface area (Å²) in [6.07, 6.45) is 11.3. The number of nitrogens with zero attached hydrogens (tertiary/aromatic N) is 5. The molecule has 2 aliphatic rings. The third-order valence-corrected chi connectivity index (χ3v) is 7.74. The maximum atomic E-state index is 12.6. The monoisotopic (exact) mass is 401 g/mol. The highest BCUT2D eigenvalue weighted by molar-refractivity contribution is 7.99. The van der Waals surface area contributed by atoms with Gasteiger partial charge in [0.1, 0.15) is 11.2 Å². The number of amides is 1. The van der Waals surface area contributed by atoms with Crippen molar-refractivity contribution >= 4 is 44.9 Å². The molecule has 6 nitrogen and oxygen atoms in total. The minimum Gasteiger partial charge on any atom is -0.342 e. The van der Waals surface area contributed by atoms with E-state index in [1.165, 1.54) is 53.3 Å². The quantitative estimate of drug-likeness (QED) is 0.626. The molecule has 1 fully saturated rings. The van der Waals surface area contributed by atoms with E-state index in [2.05, 4.69) is 15.2 Å². The van der Waals surface area contributed by atoms with Gasteiger partial charge in [-0.2, -0.15) is 0 Å². The molecule has 0 unspecified atom stereocenters. The third kappa shape index (κ3) is 3.23. The maximum Gasteiger partial charge on any atom is 0.233 e. The summed E-state index contributed by atoms with van der Waals surface area (Å²) in [7, 11) is 0. The van der Waals surface area contributed by atoms with Crippen LogP contribution in [0, 0.1) is 0 Å².